The molecular weight excluding hydrogens is 240 g/mol. The number of carbonyl (C=O) groups is 1. The second-order valence-corrected chi connectivity index (χ2v) is 5.95. The van der Waals surface area contributed by atoms with Crippen LogP contribution in [0.2, 0.25) is 0 Å². The fraction of sp³-hybridized carbons (Fsp3) is 0.714. The Labute approximate surface area is 113 Å². The van der Waals surface area contributed by atoms with Crippen molar-refractivity contribution in [2.24, 2.45) is 18.4 Å². The molecule has 104 valence electrons. The highest BCUT2D eigenvalue weighted by Crippen LogP contribution is 2.44. The number of carbonyl (C=O) groups excluding carboxylic acids is 1. The number of nitrogens with one attached hydrogen (secondary N) is 2. The van der Waals surface area contributed by atoms with E-state index in [1.165, 1.54) is 12.8 Å². The normalized spacial score (nSPS) is 30.1. The second-order valence-electron chi connectivity index (χ2n) is 5.95. The molecule has 2 heterocycles. The molecule has 0 unspecified atom stereocenters. The van der Waals surface area contributed by atoms with E-state index in [0.29, 0.717) is 5.92 Å². The molecule has 0 radical (unpaired) electrons. The number of anilines is 1. The average Bonchev–Trinajstić information content (AvgIpc) is 2.98. The molecule has 19 heavy (non-hydrogen) atoms. The van der Waals surface area contributed by atoms with E-state index in [0.717, 1.165) is 37.3 Å². The van der Waals surface area contributed by atoms with Crippen LogP contribution in [0.3, 0.4) is 0 Å². The Kier molecular flexibility index (Phi) is 3.09. The predicted molar refractivity (Wildman–Crippen MR) is 73.8 cm³/mol. The van der Waals surface area contributed by atoms with E-state index in [4.69, 9.17) is 0 Å². The Hall–Kier alpha value is -1.36. The number of rotatable bonds is 2. The van der Waals surface area contributed by atoms with Crippen molar-refractivity contribution in [2.45, 2.75) is 32.6 Å². The smallest absolute Gasteiger partial charge is 0.232 e. The highest BCUT2D eigenvalue weighted by molar-refractivity contribution is 5.96. The predicted octanol–water partition coefficient (Wildman–Crippen LogP) is 1.45. The van der Waals surface area contributed by atoms with Gasteiger partial charge in [-0.15, -0.1) is 0 Å². The van der Waals surface area contributed by atoms with Gasteiger partial charge in [-0.2, -0.15) is 5.10 Å². The number of aromatic nitrogens is 2. The minimum atomic E-state index is -0.194. The number of hydrogen-bond acceptors (Lipinski definition) is 3. The molecule has 0 bridgehead atoms. The molecule has 1 aliphatic heterocycles. The van der Waals surface area contributed by atoms with Crippen molar-refractivity contribution >= 4 is 11.6 Å². The van der Waals surface area contributed by atoms with Gasteiger partial charge >= 0.3 is 0 Å². The lowest BCUT2D eigenvalue weighted by Gasteiger charge is -2.37. The monoisotopic (exact) mass is 262 g/mol. The number of aryl methyl sites for hydroxylation is 1. The Bertz CT molecular complexity index is 496. The van der Waals surface area contributed by atoms with Crippen molar-refractivity contribution in [3.05, 3.63) is 11.9 Å². The molecule has 1 saturated carbocycles. The van der Waals surface area contributed by atoms with Crippen molar-refractivity contribution in [3.8, 4) is 0 Å². The summed E-state index contributed by atoms with van der Waals surface area (Å²) in [5.41, 5.74) is 1.65. The molecule has 5 heteroatoms. The van der Waals surface area contributed by atoms with Gasteiger partial charge in [0.25, 0.3) is 0 Å². The largest absolute Gasteiger partial charge is 0.323 e. The molecule has 2 atom stereocenters. The summed E-state index contributed by atoms with van der Waals surface area (Å²) in [7, 11) is 1.89. The summed E-state index contributed by atoms with van der Waals surface area (Å²) in [5, 5.41) is 10.7. The first-order valence-electron chi connectivity index (χ1n) is 7.14. The van der Waals surface area contributed by atoms with E-state index >= 15 is 0 Å². The van der Waals surface area contributed by atoms with Crippen LogP contribution in [0.1, 0.15) is 31.4 Å². The summed E-state index contributed by atoms with van der Waals surface area (Å²) < 4.78 is 1.79. The number of hydrogen-bond donors (Lipinski definition) is 2. The van der Waals surface area contributed by atoms with Crippen LogP contribution in [0.15, 0.2) is 6.20 Å². The van der Waals surface area contributed by atoms with E-state index in [2.05, 4.69) is 15.7 Å². The molecule has 1 aliphatic carbocycles. The summed E-state index contributed by atoms with van der Waals surface area (Å²) in [6.07, 6.45) is 6.34. The number of fused-ring (bicyclic) bond motifs is 1. The summed E-state index contributed by atoms with van der Waals surface area (Å²) >= 11 is 0. The van der Waals surface area contributed by atoms with Crippen LogP contribution in [0.25, 0.3) is 0 Å². The van der Waals surface area contributed by atoms with Crippen molar-refractivity contribution in [2.75, 3.05) is 18.4 Å². The number of nitrogens with zero attached hydrogens (tertiary/aromatic N) is 2. The lowest BCUT2D eigenvalue weighted by molar-refractivity contribution is -0.128. The third-order valence-corrected chi connectivity index (χ3v) is 4.97. The van der Waals surface area contributed by atoms with E-state index in [1.807, 2.05) is 14.0 Å². The van der Waals surface area contributed by atoms with E-state index in [9.17, 15) is 4.79 Å². The zero-order chi connectivity index (χ0) is 13.5. The highest BCUT2D eigenvalue weighted by atomic mass is 16.2. The molecule has 0 spiro atoms. The summed E-state index contributed by atoms with van der Waals surface area (Å²) in [6.45, 7) is 3.79. The van der Waals surface area contributed by atoms with Gasteiger partial charge in [-0.25, -0.2) is 0 Å². The third kappa shape index (κ3) is 1.96. The van der Waals surface area contributed by atoms with Crippen molar-refractivity contribution in [1.29, 1.82) is 0 Å². The molecule has 0 aromatic carbocycles. The lowest BCUT2D eigenvalue weighted by atomic mass is 9.67. The maximum atomic E-state index is 12.7. The number of amides is 1. The maximum absolute atomic E-state index is 12.7. The molecule has 1 aromatic rings. The zero-order valence-corrected chi connectivity index (χ0v) is 11.7. The first kappa shape index (κ1) is 12.7. The van der Waals surface area contributed by atoms with Gasteiger partial charge in [-0.3, -0.25) is 9.48 Å². The van der Waals surface area contributed by atoms with Gasteiger partial charge in [-0.1, -0.05) is 12.8 Å². The molecule has 3 rings (SSSR count). The lowest BCUT2D eigenvalue weighted by Crippen LogP contribution is -2.44. The van der Waals surface area contributed by atoms with E-state index in [1.54, 1.807) is 10.9 Å². The van der Waals surface area contributed by atoms with E-state index in [-0.39, 0.29) is 11.3 Å². The van der Waals surface area contributed by atoms with Crippen LogP contribution in [0, 0.1) is 18.3 Å². The molecule has 1 saturated heterocycles. The Morgan fingerprint density at radius 1 is 1.58 bits per heavy atom. The fourth-order valence-electron chi connectivity index (χ4n) is 3.56. The Balaban J connectivity index is 1.81. The van der Waals surface area contributed by atoms with Gasteiger partial charge in [0.15, 0.2) is 0 Å². The van der Waals surface area contributed by atoms with Gasteiger partial charge in [0.05, 0.1) is 23.0 Å². The van der Waals surface area contributed by atoms with Gasteiger partial charge in [0, 0.05) is 13.6 Å². The van der Waals surface area contributed by atoms with Crippen molar-refractivity contribution < 1.29 is 4.79 Å². The van der Waals surface area contributed by atoms with Crippen molar-refractivity contribution in [3.63, 3.8) is 0 Å². The van der Waals surface area contributed by atoms with Crippen LogP contribution in [0.4, 0.5) is 5.69 Å². The Morgan fingerprint density at radius 3 is 3.16 bits per heavy atom. The topological polar surface area (TPSA) is 59.0 Å². The molecule has 2 aliphatic rings. The fourth-order valence-corrected chi connectivity index (χ4v) is 3.56. The first-order chi connectivity index (χ1) is 9.13. The average molecular weight is 262 g/mol. The van der Waals surface area contributed by atoms with Gasteiger partial charge in [0.2, 0.25) is 5.91 Å². The third-order valence-electron chi connectivity index (χ3n) is 4.97. The summed E-state index contributed by atoms with van der Waals surface area (Å²) in [6, 6.07) is 0. The molecule has 2 N–H and O–H groups in total. The zero-order valence-electron chi connectivity index (χ0n) is 11.7. The minimum Gasteiger partial charge on any atom is -0.323 e. The maximum Gasteiger partial charge on any atom is 0.232 e. The SMILES string of the molecule is Cc1c(NC(=O)[C@@]23CCCC[C@H]2CNC3)cnn1C. The Morgan fingerprint density at radius 2 is 2.42 bits per heavy atom. The van der Waals surface area contributed by atoms with Gasteiger partial charge < -0.3 is 10.6 Å². The quantitative estimate of drug-likeness (QED) is 0.848. The second kappa shape index (κ2) is 4.63. The molecular formula is C14H22N4O. The molecule has 1 amide bonds. The van der Waals surface area contributed by atoms with Crippen LogP contribution in [-0.2, 0) is 11.8 Å². The molecule has 2 fully saturated rings. The highest BCUT2D eigenvalue weighted by Gasteiger charge is 2.49. The summed E-state index contributed by atoms with van der Waals surface area (Å²) in [4.78, 5) is 12.7. The van der Waals surface area contributed by atoms with Crippen LogP contribution < -0.4 is 10.6 Å². The van der Waals surface area contributed by atoms with Crippen LogP contribution in [-0.4, -0.2) is 28.8 Å². The minimum absolute atomic E-state index is 0.179. The van der Waals surface area contributed by atoms with Crippen LogP contribution in [0.5, 0.6) is 0 Å². The summed E-state index contributed by atoms with van der Waals surface area (Å²) in [5.74, 6) is 0.677. The standard InChI is InChI=1S/C14H22N4O/c1-10-12(8-16-18(10)2)17-13(19)14-6-4-3-5-11(14)7-15-9-14/h8,11,15H,3-7,9H2,1-2H3,(H,17,19)/t11-,14+/m0/s1. The van der Waals surface area contributed by atoms with Gasteiger partial charge in [-0.05, 0) is 32.2 Å². The van der Waals surface area contributed by atoms with Crippen LogP contribution >= 0.6 is 0 Å². The van der Waals surface area contributed by atoms with Gasteiger partial charge in [0.1, 0.15) is 0 Å². The molecule has 1 aromatic heterocycles. The first-order valence-corrected chi connectivity index (χ1v) is 7.14. The van der Waals surface area contributed by atoms with Crippen molar-refractivity contribution in [1.82, 2.24) is 15.1 Å². The molecule has 5 nitrogen and oxygen atoms in total. The van der Waals surface area contributed by atoms with E-state index < -0.39 is 0 Å².